The van der Waals surface area contributed by atoms with Crippen LogP contribution in [0.5, 0.6) is 0 Å². The van der Waals surface area contributed by atoms with Gasteiger partial charge in [-0.05, 0) is 50.1 Å². The minimum atomic E-state index is -1.04. The maximum atomic E-state index is 11.5. The monoisotopic (exact) mass is 363 g/mol. The number of fused-ring (bicyclic) bond motifs is 1. The Morgan fingerprint density at radius 1 is 1.36 bits per heavy atom. The van der Waals surface area contributed by atoms with Crippen LogP contribution in [0.25, 0.3) is 11.1 Å². The highest BCUT2D eigenvalue weighted by Gasteiger charge is 2.25. The van der Waals surface area contributed by atoms with Gasteiger partial charge in [0.2, 0.25) is 0 Å². The Hall–Kier alpha value is -2.12. The number of nitrogens with zero attached hydrogens (tertiary/aromatic N) is 1. The van der Waals surface area contributed by atoms with E-state index in [1.54, 1.807) is 13.0 Å². The lowest BCUT2D eigenvalue weighted by Gasteiger charge is -2.21. The molecule has 3 unspecified atom stereocenters. The summed E-state index contributed by atoms with van der Waals surface area (Å²) in [6.07, 6.45) is 0.258. The fraction of sp³-hybridized carbons (Fsp3) is 0.389. The zero-order valence-corrected chi connectivity index (χ0v) is 15.1. The Kier molecular flexibility index (Phi) is 6.39. The van der Waals surface area contributed by atoms with Crippen molar-refractivity contribution in [3.63, 3.8) is 0 Å². The van der Waals surface area contributed by atoms with Gasteiger partial charge in [-0.1, -0.05) is 19.1 Å². The molecule has 0 fully saturated rings. The first-order chi connectivity index (χ1) is 11.8. The van der Waals surface area contributed by atoms with Crippen molar-refractivity contribution in [2.24, 2.45) is 11.8 Å². The zero-order valence-electron chi connectivity index (χ0n) is 14.3. The van der Waals surface area contributed by atoms with Crippen LogP contribution in [-0.4, -0.2) is 33.6 Å². The lowest BCUT2D eigenvalue weighted by molar-refractivity contribution is -0.132. The quantitative estimate of drug-likeness (QED) is 0.420. The summed E-state index contributed by atoms with van der Waals surface area (Å²) in [5.41, 5.74) is 1.49. The Morgan fingerprint density at radius 3 is 2.60 bits per heavy atom. The van der Waals surface area contributed by atoms with E-state index in [0.717, 1.165) is 11.8 Å². The van der Waals surface area contributed by atoms with Crippen molar-refractivity contribution >= 4 is 35.1 Å². The van der Waals surface area contributed by atoms with Gasteiger partial charge in [0.05, 0.1) is 6.10 Å². The molecule has 6 nitrogen and oxygen atoms in total. The average molecular weight is 363 g/mol. The lowest BCUT2D eigenvalue weighted by Crippen LogP contribution is -2.21. The highest BCUT2D eigenvalue weighted by atomic mass is 32.2. The number of allylic oxidation sites excluding steroid dienone is 1. The Bertz CT molecular complexity index is 763. The van der Waals surface area contributed by atoms with Crippen LogP contribution in [0.1, 0.15) is 27.2 Å². The fourth-order valence-electron chi connectivity index (χ4n) is 2.52. The van der Waals surface area contributed by atoms with Crippen molar-refractivity contribution in [3.8, 4) is 0 Å². The Balaban J connectivity index is 2.31. The molecule has 1 heterocycles. The smallest absolute Gasteiger partial charge is 0.332 e. The van der Waals surface area contributed by atoms with Gasteiger partial charge in [0, 0.05) is 16.4 Å². The molecule has 7 heteroatoms. The van der Waals surface area contributed by atoms with Crippen LogP contribution in [0.4, 0.5) is 0 Å². The molecule has 2 rings (SSSR count). The van der Waals surface area contributed by atoms with Gasteiger partial charge in [-0.15, -0.1) is 0 Å². The molecule has 0 aliphatic rings. The molecule has 1 aromatic heterocycles. The standard InChI is InChI=1S/C18H21NO5S/c1-10(8-13(9-20)12(3)21)16(11(2)17(22)23)25-18-19-14-6-4-5-7-15(14)24-18/h4-7,9-10,12-13,21H,8H2,1-3H3,(H,22,23). The van der Waals surface area contributed by atoms with Crippen LogP contribution in [0.2, 0.25) is 0 Å². The third-order valence-electron chi connectivity index (χ3n) is 4.03. The van der Waals surface area contributed by atoms with Crippen molar-refractivity contribution in [2.45, 2.75) is 38.5 Å². The number of rotatable bonds is 8. The second-order valence-corrected chi connectivity index (χ2v) is 7.01. The van der Waals surface area contributed by atoms with E-state index in [0.29, 0.717) is 33.9 Å². The van der Waals surface area contributed by atoms with E-state index in [2.05, 4.69) is 4.98 Å². The Morgan fingerprint density at radius 2 is 2.04 bits per heavy atom. The molecule has 0 radical (unpaired) electrons. The number of hydrogen-bond donors (Lipinski definition) is 2. The molecule has 2 aromatic rings. The number of carboxylic acid groups (broad SMARTS) is 1. The van der Waals surface area contributed by atoms with Gasteiger partial charge in [-0.2, -0.15) is 0 Å². The summed E-state index contributed by atoms with van der Waals surface area (Å²) >= 11 is 1.15. The highest BCUT2D eigenvalue weighted by molar-refractivity contribution is 8.02. The molecule has 3 atom stereocenters. The van der Waals surface area contributed by atoms with Crippen LogP contribution in [0.15, 0.2) is 44.4 Å². The molecule has 0 spiro atoms. The van der Waals surface area contributed by atoms with E-state index in [-0.39, 0.29) is 11.5 Å². The topological polar surface area (TPSA) is 101 Å². The number of carboxylic acids is 1. The minimum Gasteiger partial charge on any atom is -0.478 e. The maximum Gasteiger partial charge on any atom is 0.332 e. The van der Waals surface area contributed by atoms with Gasteiger partial charge in [-0.25, -0.2) is 9.78 Å². The average Bonchev–Trinajstić information content (AvgIpc) is 2.98. The molecule has 0 aliphatic heterocycles. The Labute approximate surface area is 149 Å². The number of oxazole rings is 1. The van der Waals surface area contributed by atoms with Crippen LogP contribution in [0.3, 0.4) is 0 Å². The third kappa shape index (κ3) is 4.70. The van der Waals surface area contributed by atoms with Gasteiger partial charge < -0.3 is 19.4 Å². The number of carbonyl (C=O) groups is 2. The number of hydrogen-bond acceptors (Lipinski definition) is 6. The largest absolute Gasteiger partial charge is 0.478 e. The van der Waals surface area contributed by atoms with Gasteiger partial charge >= 0.3 is 5.97 Å². The summed E-state index contributed by atoms with van der Waals surface area (Å²) in [6, 6.07) is 7.29. The summed E-state index contributed by atoms with van der Waals surface area (Å²) in [6.45, 7) is 4.89. The predicted molar refractivity (Wildman–Crippen MR) is 95.2 cm³/mol. The molecule has 0 amide bonds. The summed E-state index contributed by atoms with van der Waals surface area (Å²) in [5, 5.41) is 19.4. The van der Waals surface area contributed by atoms with E-state index in [1.807, 2.05) is 25.1 Å². The number of aliphatic hydroxyl groups is 1. The molecule has 1 aromatic carbocycles. The molecule has 0 saturated carbocycles. The zero-order chi connectivity index (χ0) is 18.6. The summed E-state index contributed by atoms with van der Waals surface area (Å²) < 4.78 is 5.66. The van der Waals surface area contributed by atoms with Crippen LogP contribution < -0.4 is 0 Å². The molecular formula is C18H21NO5S. The molecule has 134 valence electrons. The van der Waals surface area contributed by atoms with Crippen LogP contribution in [0, 0.1) is 11.8 Å². The van der Waals surface area contributed by atoms with Crippen molar-refractivity contribution in [3.05, 3.63) is 34.7 Å². The first-order valence-electron chi connectivity index (χ1n) is 7.94. The minimum absolute atomic E-state index is 0.176. The number of aliphatic hydroxyl groups excluding tert-OH is 1. The molecular weight excluding hydrogens is 342 g/mol. The molecule has 2 N–H and O–H groups in total. The van der Waals surface area contributed by atoms with Gasteiger partial charge in [0.1, 0.15) is 11.8 Å². The van der Waals surface area contributed by atoms with Crippen molar-refractivity contribution in [1.29, 1.82) is 0 Å². The maximum absolute atomic E-state index is 11.5. The summed E-state index contributed by atoms with van der Waals surface area (Å²) in [5.74, 6) is -1.85. The highest BCUT2D eigenvalue weighted by Crippen LogP contribution is 2.38. The molecule has 0 bridgehead atoms. The molecule has 25 heavy (non-hydrogen) atoms. The van der Waals surface area contributed by atoms with Gasteiger partial charge in [0.15, 0.2) is 5.58 Å². The first kappa shape index (κ1) is 19.2. The summed E-state index contributed by atoms with van der Waals surface area (Å²) in [7, 11) is 0. The van der Waals surface area contributed by atoms with Crippen molar-refractivity contribution < 1.29 is 24.2 Å². The number of benzene rings is 1. The van der Waals surface area contributed by atoms with Crippen molar-refractivity contribution in [2.75, 3.05) is 0 Å². The number of thioether (sulfide) groups is 1. The van der Waals surface area contributed by atoms with E-state index in [4.69, 9.17) is 4.42 Å². The SMILES string of the molecule is CC(C(=O)O)=C(Sc1nc2ccccc2o1)C(C)CC(C=O)C(C)O. The number of aliphatic carboxylic acids is 1. The second-order valence-electron chi connectivity index (χ2n) is 6.02. The van der Waals surface area contributed by atoms with Crippen LogP contribution >= 0.6 is 11.8 Å². The number of para-hydroxylation sites is 2. The number of carbonyl (C=O) groups excluding carboxylic acids is 1. The first-order valence-corrected chi connectivity index (χ1v) is 8.76. The van der Waals surface area contributed by atoms with Gasteiger partial charge in [0.25, 0.3) is 5.22 Å². The van der Waals surface area contributed by atoms with E-state index >= 15 is 0 Å². The molecule has 0 saturated heterocycles. The third-order valence-corrected chi connectivity index (χ3v) is 5.31. The number of aromatic nitrogens is 1. The number of aldehydes is 1. The van der Waals surface area contributed by atoms with Crippen molar-refractivity contribution in [1.82, 2.24) is 4.98 Å². The van der Waals surface area contributed by atoms with E-state index in [9.17, 15) is 19.8 Å². The van der Waals surface area contributed by atoms with Gasteiger partial charge in [-0.3, -0.25) is 0 Å². The normalized spacial score (nSPS) is 16.2. The molecule has 0 aliphatic carbocycles. The fourth-order valence-corrected chi connectivity index (χ4v) is 3.52. The predicted octanol–water partition coefficient (Wildman–Crippen LogP) is 3.50. The second kappa shape index (κ2) is 8.31. The van der Waals surface area contributed by atoms with E-state index in [1.165, 1.54) is 6.92 Å². The van der Waals surface area contributed by atoms with E-state index < -0.39 is 18.0 Å². The summed E-state index contributed by atoms with van der Waals surface area (Å²) in [4.78, 5) is 27.5. The van der Waals surface area contributed by atoms with Crippen LogP contribution in [-0.2, 0) is 9.59 Å². The lowest BCUT2D eigenvalue weighted by atomic mass is 9.91.